The molecule has 0 aliphatic carbocycles. The van der Waals surface area contributed by atoms with E-state index in [0.717, 1.165) is 0 Å². The molecule has 0 heterocycles. The van der Waals surface area contributed by atoms with Gasteiger partial charge in [0.25, 0.3) is 0 Å². The van der Waals surface area contributed by atoms with Gasteiger partial charge >= 0.3 is 28.2 Å². The van der Waals surface area contributed by atoms with Crippen LogP contribution in [0.15, 0.2) is 0 Å². The maximum atomic E-state index is 8.25. The number of nitrogens with zero attached hydrogens (tertiary/aromatic N) is 2. The third-order valence-electron chi connectivity index (χ3n) is 0. The number of hydrogen-bond acceptors (Lipinski definition) is 6. The molecule has 10 heavy (non-hydrogen) atoms. The first-order valence-electron chi connectivity index (χ1n) is 1.21. The molecule has 0 rings (SSSR count). The van der Waals surface area contributed by atoms with Gasteiger partial charge in [-0.2, -0.15) is 0 Å². The van der Waals surface area contributed by atoms with Crippen molar-refractivity contribution >= 4 is 9.42 Å². The molecule has 0 saturated carbocycles. The molecule has 0 aromatic rings. The third-order valence-corrected chi connectivity index (χ3v) is 0. The Morgan fingerprint density at radius 1 is 0.900 bits per heavy atom. The number of rotatable bonds is 0. The molecular weight excluding hydrogens is 355 g/mol. The summed E-state index contributed by atoms with van der Waals surface area (Å²) >= 11 is 1.61. The van der Waals surface area contributed by atoms with Crippen molar-refractivity contribution in [2.24, 2.45) is 0 Å². The van der Waals surface area contributed by atoms with E-state index in [-0.39, 0.29) is 0 Å². The predicted molar refractivity (Wildman–Crippen MR) is 26.6 cm³/mol. The van der Waals surface area contributed by atoms with Gasteiger partial charge in [-0.05, 0) is 0 Å². The first-order chi connectivity index (χ1) is 4.46. The molecule has 0 radical (unpaired) electrons. The van der Waals surface area contributed by atoms with Crippen LogP contribution >= 0.6 is 9.42 Å². The zero-order valence-electron chi connectivity index (χ0n) is 4.04. The van der Waals surface area contributed by atoms with Crippen LogP contribution in [0.25, 0.3) is 0 Å². The molecule has 0 fully saturated rings. The molecule has 0 saturated heterocycles. The molecule has 0 aliphatic heterocycles. The summed E-state index contributed by atoms with van der Waals surface area (Å²) in [6.45, 7) is 0. The van der Waals surface area contributed by atoms with Crippen molar-refractivity contribution in [1.29, 1.82) is 0 Å². The Morgan fingerprint density at radius 3 is 0.900 bits per heavy atom. The second-order valence-electron chi connectivity index (χ2n) is 0.447. The van der Waals surface area contributed by atoms with Gasteiger partial charge < -0.3 is 30.6 Å². The monoisotopic (exact) mass is 354 g/mol. The SMILES string of the molecule is O=[N+]([O-])[O-].O=[N+]([O-])[O-].[Cl][Pt+2]. The van der Waals surface area contributed by atoms with E-state index in [0.29, 0.717) is 0 Å². The van der Waals surface area contributed by atoms with E-state index >= 15 is 0 Å². The molecule has 0 aromatic heterocycles. The van der Waals surface area contributed by atoms with Gasteiger partial charge in [-0.3, -0.25) is 0 Å². The maximum absolute atomic E-state index is 8.25. The van der Waals surface area contributed by atoms with E-state index in [9.17, 15) is 0 Å². The van der Waals surface area contributed by atoms with E-state index in [1.54, 1.807) is 18.8 Å². The number of halogens is 1. The van der Waals surface area contributed by atoms with Crippen molar-refractivity contribution in [3.8, 4) is 0 Å². The van der Waals surface area contributed by atoms with Crippen LogP contribution in [0.2, 0.25) is 0 Å². The van der Waals surface area contributed by atoms with Gasteiger partial charge in [-0.25, -0.2) is 0 Å². The van der Waals surface area contributed by atoms with E-state index in [1.807, 2.05) is 0 Å². The molecule has 0 amide bonds. The van der Waals surface area contributed by atoms with Crippen molar-refractivity contribution < 1.29 is 28.9 Å². The summed E-state index contributed by atoms with van der Waals surface area (Å²) in [4.78, 5) is 16.5. The summed E-state index contributed by atoms with van der Waals surface area (Å²) in [6, 6.07) is 0. The van der Waals surface area contributed by atoms with Crippen molar-refractivity contribution in [2.75, 3.05) is 0 Å². The van der Waals surface area contributed by atoms with Crippen molar-refractivity contribution in [1.82, 2.24) is 0 Å². The van der Waals surface area contributed by atoms with Gasteiger partial charge in [0.15, 0.2) is 0 Å². The minimum atomic E-state index is -1.75. The van der Waals surface area contributed by atoms with E-state index in [1.165, 1.54) is 0 Å². The summed E-state index contributed by atoms with van der Waals surface area (Å²) in [5, 5.41) is 29.5. The average Bonchev–Trinajstić information content (AvgIpc) is 1.66. The van der Waals surface area contributed by atoms with Crippen LogP contribution < -0.4 is 0 Å². The second-order valence-corrected chi connectivity index (χ2v) is 0.447. The molecule has 10 heteroatoms. The normalized spacial score (nSPS) is 5.40. The molecule has 0 N–H and O–H groups in total. The Labute approximate surface area is 69.4 Å². The molecule has 0 unspecified atom stereocenters. The van der Waals surface area contributed by atoms with Crippen LogP contribution in [0.3, 0.4) is 0 Å². The molecule has 0 aromatic carbocycles. The van der Waals surface area contributed by atoms with Gasteiger partial charge in [-0.15, -0.1) is 0 Å². The van der Waals surface area contributed by atoms with Gasteiger partial charge in [0.2, 0.25) is 0 Å². The van der Waals surface area contributed by atoms with Crippen LogP contribution in [-0.4, -0.2) is 10.2 Å². The fraction of sp³-hybridized carbons (Fsp3) is 0. The molecule has 0 bridgehead atoms. The summed E-state index contributed by atoms with van der Waals surface area (Å²) in [5.41, 5.74) is 0. The van der Waals surface area contributed by atoms with Crippen LogP contribution in [0.4, 0.5) is 0 Å². The Kier molecular flexibility index (Phi) is 25.5. The molecule has 63 valence electrons. The molecule has 0 spiro atoms. The van der Waals surface area contributed by atoms with Crippen LogP contribution in [0.1, 0.15) is 0 Å². The average molecular weight is 355 g/mol. The van der Waals surface area contributed by atoms with Gasteiger partial charge in [0.05, 0.1) is 10.2 Å². The van der Waals surface area contributed by atoms with Crippen LogP contribution in [-0.2, 0) is 18.8 Å². The zero-order chi connectivity index (χ0) is 9.15. The standard InChI is InChI=1S/ClH.2NO3.Pt/c;2*2-1(3)4;/h1H;;;/q;2*-1;+3/p-1. The first kappa shape index (κ1) is 16.2. The topological polar surface area (TPSA) is 132 Å². The Bertz CT molecular complexity index is 73.7. The quantitative estimate of drug-likeness (QED) is 0.451. The predicted octanol–water partition coefficient (Wildman–Crippen LogP) is 0.209. The molecule has 0 atom stereocenters. The minimum absolute atomic E-state index is 1.61. The fourth-order valence-electron chi connectivity index (χ4n) is 0. The van der Waals surface area contributed by atoms with Crippen molar-refractivity contribution in [3.63, 3.8) is 0 Å². The summed E-state index contributed by atoms with van der Waals surface area (Å²) in [7, 11) is 4.61. The summed E-state index contributed by atoms with van der Waals surface area (Å²) in [6.07, 6.45) is 0. The van der Waals surface area contributed by atoms with E-state index < -0.39 is 10.2 Å². The van der Waals surface area contributed by atoms with Gasteiger partial charge in [0.1, 0.15) is 0 Å². The van der Waals surface area contributed by atoms with Crippen molar-refractivity contribution in [2.45, 2.75) is 0 Å². The Morgan fingerprint density at radius 2 is 0.900 bits per heavy atom. The van der Waals surface area contributed by atoms with Crippen LogP contribution in [0, 0.1) is 30.6 Å². The fourth-order valence-corrected chi connectivity index (χ4v) is 0. The van der Waals surface area contributed by atoms with E-state index in [2.05, 4.69) is 9.42 Å². The van der Waals surface area contributed by atoms with Gasteiger partial charge in [0, 0.05) is 0 Å². The van der Waals surface area contributed by atoms with Gasteiger partial charge in [-0.1, -0.05) is 0 Å². The summed E-state index contributed by atoms with van der Waals surface area (Å²) < 4.78 is 0. The molecular formula is ClN2O6Pt. The van der Waals surface area contributed by atoms with Crippen LogP contribution in [0.5, 0.6) is 0 Å². The first-order valence-corrected chi connectivity index (χ1v) is 4.03. The molecule has 0 aliphatic rings. The zero-order valence-corrected chi connectivity index (χ0v) is 7.07. The third kappa shape index (κ3) is 777. The Balaban J connectivity index is -0.0000000787. The Hall–Kier alpha value is -0.622. The second kappa shape index (κ2) is 15.8. The molecule has 8 nitrogen and oxygen atoms in total. The van der Waals surface area contributed by atoms with Crippen molar-refractivity contribution in [3.05, 3.63) is 30.6 Å². The summed E-state index contributed by atoms with van der Waals surface area (Å²) in [5.74, 6) is 0. The van der Waals surface area contributed by atoms with E-state index in [4.69, 9.17) is 30.6 Å². The number of hydrogen-bond donors (Lipinski definition) is 0.